The average molecular weight is 300 g/mol. The van der Waals surface area contributed by atoms with Crippen LogP contribution in [-0.2, 0) is 13.5 Å². The molecule has 7 heteroatoms. The van der Waals surface area contributed by atoms with E-state index in [4.69, 9.17) is 5.73 Å². The largest absolute Gasteiger partial charge is 0.382 e. The second kappa shape index (κ2) is 5.92. The van der Waals surface area contributed by atoms with Gasteiger partial charge in [0.25, 0.3) is 0 Å². The topological polar surface area (TPSA) is 81.7 Å². The van der Waals surface area contributed by atoms with Crippen LogP contribution in [0.1, 0.15) is 5.69 Å². The third kappa shape index (κ3) is 3.03. The van der Waals surface area contributed by atoms with Crippen molar-refractivity contribution in [1.29, 1.82) is 0 Å². The summed E-state index contributed by atoms with van der Waals surface area (Å²) >= 11 is 1.37. The highest BCUT2D eigenvalue weighted by Gasteiger charge is 2.13. The normalized spacial score (nSPS) is 10.7. The summed E-state index contributed by atoms with van der Waals surface area (Å²) in [6.45, 7) is 0.784. The van der Waals surface area contributed by atoms with Crippen LogP contribution in [0.5, 0.6) is 0 Å². The highest BCUT2D eigenvalue weighted by molar-refractivity contribution is 7.11. The van der Waals surface area contributed by atoms with Crippen molar-refractivity contribution in [3.8, 4) is 11.1 Å². The third-order valence-electron chi connectivity index (χ3n) is 3.10. The van der Waals surface area contributed by atoms with Gasteiger partial charge in [0.2, 0.25) is 0 Å². The Morgan fingerprint density at radius 2 is 2.29 bits per heavy atom. The van der Waals surface area contributed by atoms with Crippen LogP contribution in [0.3, 0.4) is 0 Å². The van der Waals surface area contributed by atoms with E-state index in [0.29, 0.717) is 5.82 Å². The molecule has 3 aromatic heterocycles. The van der Waals surface area contributed by atoms with E-state index in [-0.39, 0.29) is 0 Å². The van der Waals surface area contributed by atoms with E-state index in [9.17, 15) is 0 Å². The molecular weight excluding hydrogens is 284 g/mol. The summed E-state index contributed by atoms with van der Waals surface area (Å²) < 4.78 is 6.04. The SMILES string of the molecule is Cn1ccc(CCNc2snc(N)c2-c2cccnc2)n1. The fourth-order valence-corrected chi connectivity index (χ4v) is 2.87. The molecule has 0 aliphatic heterocycles. The lowest BCUT2D eigenvalue weighted by atomic mass is 10.1. The highest BCUT2D eigenvalue weighted by atomic mass is 32.1. The van der Waals surface area contributed by atoms with Gasteiger partial charge < -0.3 is 11.1 Å². The van der Waals surface area contributed by atoms with Gasteiger partial charge in [0.1, 0.15) is 10.8 Å². The van der Waals surface area contributed by atoms with Crippen molar-refractivity contribution in [3.63, 3.8) is 0 Å². The van der Waals surface area contributed by atoms with Crippen molar-refractivity contribution in [3.05, 3.63) is 42.5 Å². The average Bonchev–Trinajstić information content (AvgIpc) is 3.06. The highest BCUT2D eigenvalue weighted by Crippen LogP contribution is 2.36. The Bertz CT molecular complexity index is 718. The number of aromatic nitrogens is 4. The van der Waals surface area contributed by atoms with Crippen molar-refractivity contribution in [2.75, 3.05) is 17.6 Å². The van der Waals surface area contributed by atoms with E-state index in [1.165, 1.54) is 11.5 Å². The van der Waals surface area contributed by atoms with Crippen molar-refractivity contribution in [2.24, 2.45) is 7.05 Å². The van der Waals surface area contributed by atoms with Gasteiger partial charge in [-0.3, -0.25) is 9.67 Å². The number of hydrogen-bond donors (Lipinski definition) is 2. The minimum Gasteiger partial charge on any atom is -0.382 e. The Hall–Kier alpha value is -2.41. The molecule has 0 aromatic carbocycles. The number of hydrogen-bond acceptors (Lipinski definition) is 6. The molecule has 0 unspecified atom stereocenters. The molecule has 0 spiro atoms. The summed E-state index contributed by atoms with van der Waals surface area (Å²) in [5.41, 5.74) is 8.94. The first-order valence-corrected chi connectivity index (χ1v) is 7.39. The number of nitrogens with two attached hydrogens (primary N) is 1. The molecule has 0 atom stereocenters. The van der Waals surface area contributed by atoms with Gasteiger partial charge in [-0.1, -0.05) is 6.07 Å². The van der Waals surface area contributed by atoms with E-state index in [1.54, 1.807) is 17.1 Å². The van der Waals surface area contributed by atoms with Crippen molar-refractivity contribution in [1.82, 2.24) is 19.1 Å². The molecule has 0 radical (unpaired) electrons. The van der Waals surface area contributed by atoms with Crippen LogP contribution in [0.15, 0.2) is 36.8 Å². The van der Waals surface area contributed by atoms with E-state index in [2.05, 4.69) is 19.8 Å². The molecule has 0 saturated heterocycles. The van der Waals surface area contributed by atoms with Crippen LogP contribution >= 0.6 is 11.5 Å². The van der Waals surface area contributed by atoms with Gasteiger partial charge >= 0.3 is 0 Å². The van der Waals surface area contributed by atoms with Gasteiger partial charge in [-0.15, -0.1) is 0 Å². The molecule has 6 nitrogen and oxygen atoms in total. The predicted molar refractivity (Wildman–Crippen MR) is 85.2 cm³/mol. The van der Waals surface area contributed by atoms with Gasteiger partial charge in [-0.25, -0.2) is 0 Å². The number of aryl methyl sites for hydroxylation is 1. The summed E-state index contributed by atoms with van der Waals surface area (Å²) in [6.07, 6.45) is 6.34. The summed E-state index contributed by atoms with van der Waals surface area (Å²) in [7, 11) is 1.92. The van der Waals surface area contributed by atoms with Gasteiger partial charge in [-0.05, 0) is 23.7 Å². The fraction of sp³-hybridized carbons (Fsp3) is 0.214. The number of rotatable bonds is 5. The smallest absolute Gasteiger partial charge is 0.147 e. The van der Waals surface area contributed by atoms with Gasteiger partial charge in [0, 0.05) is 44.2 Å². The lowest BCUT2D eigenvalue weighted by Crippen LogP contribution is -2.05. The van der Waals surface area contributed by atoms with Crippen LogP contribution in [0.25, 0.3) is 11.1 Å². The van der Waals surface area contributed by atoms with E-state index in [1.807, 2.05) is 31.4 Å². The zero-order valence-corrected chi connectivity index (χ0v) is 12.5. The molecule has 3 rings (SSSR count). The maximum Gasteiger partial charge on any atom is 0.147 e. The zero-order chi connectivity index (χ0) is 14.7. The first-order chi connectivity index (χ1) is 10.2. The second-order valence-corrected chi connectivity index (χ2v) is 5.44. The molecule has 0 bridgehead atoms. The molecule has 0 aliphatic carbocycles. The summed E-state index contributed by atoms with van der Waals surface area (Å²) in [5, 5.41) is 8.72. The summed E-state index contributed by atoms with van der Waals surface area (Å²) in [4.78, 5) is 4.13. The standard InChI is InChI=1S/C14H16N6S/c1-20-8-5-11(18-20)4-7-17-14-12(13(15)19-21-14)10-3-2-6-16-9-10/h2-3,5-6,8-9,17H,4,7H2,1H3,(H2,15,19). The number of pyridine rings is 1. The lowest BCUT2D eigenvalue weighted by Gasteiger charge is -2.06. The van der Waals surface area contributed by atoms with Crippen molar-refractivity contribution in [2.45, 2.75) is 6.42 Å². The number of nitrogens with one attached hydrogen (secondary N) is 1. The maximum absolute atomic E-state index is 5.98. The van der Waals surface area contributed by atoms with Crippen LogP contribution in [-0.4, -0.2) is 25.7 Å². The van der Waals surface area contributed by atoms with E-state index in [0.717, 1.165) is 34.8 Å². The first kappa shape index (κ1) is 13.6. The Morgan fingerprint density at radius 3 is 3.00 bits per heavy atom. The Labute approximate surface area is 126 Å². The number of anilines is 2. The van der Waals surface area contributed by atoms with Gasteiger partial charge in [0.15, 0.2) is 0 Å². The molecular formula is C14H16N6S. The van der Waals surface area contributed by atoms with Crippen molar-refractivity contribution < 1.29 is 0 Å². The van der Waals surface area contributed by atoms with Crippen LogP contribution < -0.4 is 11.1 Å². The molecule has 21 heavy (non-hydrogen) atoms. The van der Waals surface area contributed by atoms with E-state index >= 15 is 0 Å². The van der Waals surface area contributed by atoms with Gasteiger partial charge in [0.05, 0.1) is 11.3 Å². The van der Waals surface area contributed by atoms with Crippen LogP contribution in [0, 0.1) is 0 Å². The van der Waals surface area contributed by atoms with E-state index < -0.39 is 0 Å². The molecule has 0 aliphatic rings. The minimum absolute atomic E-state index is 0.535. The number of nitrogens with zero attached hydrogens (tertiary/aromatic N) is 4. The fourth-order valence-electron chi connectivity index (χ4n) is 2.11. The molecule has 0 saturated carbocycles. The first-order valence-electron chi connectivity index (χ1n) is 6.62. The van der Waals surface area contributed by atoms with Crippen LogP contribution in [0.2, 0.25) is 0 Å². The molecule has 3 heterocycles. The lowest BCUT2D eigenvalue weighted by molar-refractivity contribution is 0.742. The Kier molecular flexibility index (Phi) is 3.83. The monoisotopic (exact) mass is 300 g/mol. The molecule has 0 amide bonds. The summed E-state index contributed by atoms with van der Waals surface area (Å²) in [6, 6.07) is 5.89. The molecule has 0 fully saturated rings. The van der Waals surface area contributed by atoms with Gasteiger partial charge in [-0.2, -0.15) is 9.47 Å². The molecule has 3 N–H and O–H groups in total. The van der Waals surface area contributed by atoms with Crippen molar-refractivity contribution >= 4 is 22.4 Å². The second-order valence-electron chi connectivity index (χ2n) is 4.67. The Balaban J connectivity index is 1.72. The number of nitrogen functional groups attached to an aromatic ring is 1. The summed E-state index contributed by atoms with van der Waals surface area (Å²) in [5.74, 6) is 0.535. The van der Waals surface area contributed by atoms with Crippen LogP contribution in [0.4, 0.5) is 10.8 Å². The zero-order valence-electron chi connectivity index (χ0n) is 11.7. The maximum atomic E-state index is 5.98. The molecule has 108 valence electrons. The molecule has 3 aromatic rings. The third-order valence-corrected chi connectivity index (χ3v) is 3.92. The quantitative estimate of drug-likeness (QED) is 0.754. The Morgan fingerprint density at radius 1 is 1.38 bits per heavy atom. The predicted octanol–water partition coefficient (Wildman–Crippen LogP) is 2.18. The minimum atomic E-state index is 0.535.